The van der Waals surface area contributed by atoms with E-state index in [0.717, 1.165) is 0 Å². The van der Waals surface area contributed by atoms with Crippen molar-refractivity contribution in [1.29, 1.82) is 0 Å². The van der Waals surface area contributed by atoms with Gasteiger partial charge in [-0.05, 0) is 19.1 Å². The molecule has 0 saturated carbocycles. The summed E-state index contributed by atoms with van der Waals surface area (Å²) in [7, 11) is -3.63. The zero-order valence-electron chi connectivity index (χ0n) is 8.26. The van der Waals surface area contributed by atoms with Gasteiger partial charge in [0.1, 0.15) is 0 Å². The van der Waals surface area contributed by atoms with Crippen molar-refractivity contribution in [2.75, 3.05) is 5.75 Å². The molecule has 0 fully saturated rings. The molecule has 0 spiro atoms. The number of nitrogens with zero attached hydrogens (tertiary/aromatic N) is 1. The van der Waals surface area contributed by atoms with E-state index in [2.05, 4.69) is 4.18 Å². The molecule has 0 aliphatic heterocycles. The van der Waals surface area contributed by atoms with E-state index in [1.165, 1.54) is 13.8 Å². The van der Waals surface area contributed by atoms with Crippen LogP contribution in [0.3, 0.4) is 0 Å². The first-order valence-corrected chi connectivity index (χ1v) is 4.54. The molecule has 2 N–H and O–H groups in total. The van der Waals surface area contributed by atoms with Crippen molar-refractivity contribution >= 4 is 10.1 Å². The summed E-state index contributed by atoms with van der Waals surface area (Å²) >= 11 is 0. The summed E-state index contributed by atoms with van der Waals surface area (Å²) in [4.78, 5) is 0. The van der Waals surface area contributed by atoms with Gasteiger partial charge in [0.05, 0.1) is 5.75 Å². The van der Waals surface area contributed by atoms with E-state index in [0.29, 0.717) is 0 Å². The summed E-state index contributed by atoms with van der Waals surface area (Å²) in [6.45, 7) is 2.58. The zero-order chi connectivity index (χ0) is 9.07. The van der Waals surface area contributed by atoms with Crippen LogP contribution in [-0.4, -0.2) is 36.0 Å². The molecule has 12 heavy (non-hydrogen) atoms. The third-order valence-corrected chi connectivity index (χ3v) is 2.24. The van der Waals surface area contributed by atoms with Crippen LogP contribution in [0.15, 0.2) is 0 Å². The molecule has 0 heterocycles. The maximum absolute atomic E-state index is 10.6. The maximum atomic E-state index is 10.6. The van der Waals surface area contributed by atoms with Crippen molar-refractivity contribution in [1.82, 2.24) is 5.23 Å². The smallest absolute Gasteiger partial charge is 1.00 e. The molecule has 70 valence electrons. The predicted molar refractivity (Wildman–Crippen MR) is 36.5 cm³/mol. The average molecular weight is 209 g/mol. The molecular weight excluding hydrogens is 197 g/mol. The first-order valence-electron chi connectivity index (χ1n) is 2.97. The van der Waals surface area contributed by atoms with Gasteiger partial charge in [-0.15, -0.1) is 0 Å². The van der Waals surface area contributed by atoms with Gasteiger partial charge in [-0.1, -0.05) is 0 Å². The van der Waals surface area contributed by atoms with E-state index in [4.69, 9.17) is 10.4 Å². The van der Waals surface area contributed by atoms with E-state index in [-0.39, 0.29) is 42.0 Å². The first kappa shape index (κ1) is 15.3. The van der Waals surface area contributed by atoms with Gasteiger partial charge in [0.2, 0.25) is 0 Å². The van der Waals surface area contributed by atoms with E-state index < -0.39 is 16.3 Å². The summed E-state index contributed by atoms with van der Waals surface area (Å²) in [5.41, 5.74) is 0. The largest absolute Gasteiger partial charge is 1.00 e. The molecule has 6 nitrogen and oxygen atoms in total. The first-order chi connectivity index (χ1) is 4.89. The van der Waals surface area contributed by atoms with Gasteiger partial charge < -0.3 is 1.43 Å². The Morgan fingerprint density at radius 1 is 1.58 bits per heavy atom. The second-order valence-electron chi connectivity index (χ2n) is 1.86. The van der Waals surface area contributed by atoms with Crippen molar-refractivity contribution in [2.24, 2.45) is 0 Å². The van der Waals surface area contributed by atoms with Crippen LogP contribution in [0, 0.1) is 0 Å². The molecule has 0 aromatic rings. The normalized spacial score (nSPS) is 14.1. The third-order valence-electron chi connectivity index (χ3n) is 0.965. The summed E-state index contributed by atoms with van der Waals surface area (Å²) in [5, 5.41) is 16.2. The monoisotopic (exact) mass is 209 g/mol. The van der Waals surface area contributed by atoms with E-state index in [9.17, 15) is 8.42 Å². The Morgan fingerprint density at radius 2 is 2.00 bits per heavy atom. The van der Waals surface area contributed by atoms with Gasteiger partial charge in [-0.25, -0.2) is 4.18 Å². The summed E-state index contributed by atoms with van der Waals surface area (Å²) < 4.78 is 25.5. The van der Waals surface area contributed by atoms with Crippen LogP contribution in [0.4, 0.5) is 0 Å². The number of hydroxylamine groups is 2. The molecule has 0 aliphatic rings. The van der Waals surface area contributed by atoms with Gasteiger partial charge >= 0.3 is 29.6 Å². The number of rotatable bonds is 4. The van der Waals surface area contributed by atoms with E-state index in [1.807, 2.05) is 0 Å². The average Bonchev–Trinajstić information content (AvgIpc) is 1.87. The molecule has 8 heteroatoms. The fourth-order valence-electron chi connectivity index (χ4n) is 0.319. The minimum absolute atomic E-state index is 0. The zero-order valence-corrected chi connectivity index (χ0v) is 10.1. The Hall–Kier alpha value is 0.790. The molecule has 0 aromatic carbocycles. The minimum Gasteiger partial charge on any atom is -1.00 e. The van der Waals surface area contributed by atoms with Crippen LogP contribution >= 0.6 is 0 Å². The Morgan fingerprint density at radius 3 is 2.25 bits per heavy atom. The fraction of sp³-hybridized carbons (Fsp3) is 1.00. The molecule has 0 radical (unpaired) electrons. The minimum atomic E-state index is -3.63. The molecule has 1 unspecified atom stereocenters. The van der Waals surface area contributed by atoms with Crippen LogP contribution in [0.2, 0.25) is 0 Å². The maximum Gasteiger partial charge on any atom is 1.00 e. The van der Waals surface area contributed by atoms with Crippen molar-refractivity contribution in [2.45, 2.75) is 20.1 Å². The molecular formula is C4H12NNaO5S. The standard InChI is InChI=1S/C4H11NO5S.Na.H/c1-3-11(8,9)10-4(2)5(6)7;;/h4,6-7H,3H2,1-2H3;;/q;+1;-1. The second-order valence-corrected chi connectivity index (χ2v) is 3.75. The third kappa shape index (κ3) is 6.32. The van der Waals surface area contributed by atoms with Crippen molar-refractivity contribution in [3.63, 3.8) is 0 Å². The quantitative estimate of drug-likeness (QED) is 0.221. The van der Waals surface area contributed by atoms with Crippen LogP contribution < -0.4 is 29.6 Å². The number of hydrogen-bond acceptors (Lipinski definition) is 6. The number of hydrogen-bond donors (Lipinski definition) is 2. The second kappa shape index (κ2) is 6.28. The Bertz CT molecular complexity index is 209. The molecule has 0 amide bonds. The molecule has 0 rings (SSSR count). The van der Waals surface area contributed by atoms with Crippen molar-refractivity contribution < 1.29 is 54.0 Å². The van der Waals surface area contributed by atoms with E-state index in [1.54, 1.807) is 0 Å². The van der Waals surface area contributed by atoms with Gasteiger partial charge in [0, 0.05) is 0 Å². The molecule has 0 saturated heterocycles. The summed E-state index contributed by atoms with van der Waals surface area (Å²) in [6, 6.07) is 0. The predicted octanol–water partition coefficient (Wildman–Crippen LogP) is -3.10. The van der Waals surface area contributed by atoms with E-state index >= 15 is 0 Å². The molecule has 0 aromatic heterocycles. The Balaban J connectivity index is -0.000000500. The fourth-order valence-corrected chi connectivity index (χ4v) is 0.956. The SMILES string of the molecule is CCS(=O)(=O)OC(C)N(O)O.[H-].[Na+]. The van der Waals surface area contributed by atoms with Crippen LogP contribution in [0.25, 0.3) is 0 Å². The van der Waals surface area contributed by atoms with Gasteiger partial charge in [-0.3, -0.25) is 10.4 Å². The molecule has 0 aliphatic carbocycles. The summed E-state index contributed by atoms with van der Waals surface area (Å²) in [5.74, 6) is -0.203. The Kier molecular flexibility index (Phi) is 7.99. The van der Waals surface area contributed by atoms with Crippen LogP contribution in [0.1, 0.15) is 15.3 Å². The summed E-state index contributed by atoms with van der Waals surface area (Å²) in [6.07, 6.45) is -1.28. The van der Waals surface area contributed by atoms with Crippen molar-refractivity contribution in [3.8, 4) is 0 Å². The van der Waals surface area contributed by atoms with Gasteiger partial charge in [0.15, 0.2) is 6.23 Å². The molecule has 1 atom stereocenters. The van der Waals surface area contributed by atoms with Crippen LogP contribution in [0.5, 0.6) is 0 Å². The van der Waals surface area contributed by atoms with Gasteiger partial charge in [0.25, 0.3) is 10.1 Å². The van der Waals surface area contributed by atoms with Crippen molar-refractivity contribution in [3.05, 3.63) is 0 Å². The van der Waals surface area contributed by atoms with Gasteiger partial charge in [-0.2, -0.15) is 8.42 Å². The topological polar surface area (TPSA) is 87.1 Å². The Labute approximate surface area is 94.9 Å². The van der Waals surface area contributed by atoms with Crippen LogP contribution in [-0.2, 0) is 14.3 Å². The molecule has 0 bridgehead atoms.